The lowest BCUT2D eigenvalue weighted by Gasteiger charge is -2.20. The SMILES string of the molecule is COC(=O)CC(=O)OCC1(C)C=CCC1. The van der Waals surface area contributed by atoms with Gasteiger partial charge in [-0.25, -0.2) is 0 Å². The van der Waals surface area contributed by atoms with Crippen LogP contribution in [0.3, 0.4) is 0 Å². The van der Waals surface area contributed by atoms with Crippen LogP contribution < -0.4 is 0 Å². The molecule has 1 aliphatic carbocycles. The second-order valence-corrected chi connectivity index (χ2v) is 4.01. The number of carbonyl (C=O) groups is 2. The first kappa shape index (κ1) is 11.8. The van der Waals surface area contributed by atoms with E-state index in [-0.39, 0.29) is 11.8 Å². The third-order valence-corrected chi connectivity index (χ3v) is 2.48. The number of carbonyl (C=O) groups excluding carboxylic acids is 2. The van der Waals surface area contributed by atoms with E-state index in [1.807, 2.05) is 6.92 Å². The Bertz CT molecular complexity index is 282. The zero-order valence-corrected chi connectivity index (χ0v) is 9.12. The lowest BCUT2D eigenvalue weighted by molar-refractivity contribution is -0.154. The molecule has 1 unspecified atom stereocenters. The molecule has 0 bridgehead atoms. The number of ether oxygens (including phenoxy) is 2. The van der Waals surface area contributed by atoms with Gasteiger partial charge in [0.2, 0.25) is 0 Å². The first-order chi connectivity index (χ1) is 7.06. The molecule has 0 amide bonds. The molecule has 0 N–H and O–H groups in total. The van der Waals surface area contributed by atoms with Gasteiger partial charge in [-0.3, -0.25) is 9.59 Å². The van der Waals surface area contributed by atoms with E-state index in [0.29, 0.717) is 6.61 Å². The van der Waals surface area contributed by atoms with E-state index in [1.165, 1.54) is 7.11 Å². The van der Waals surface area contributed by atoms with Crippen molar-refractivity contribution in [3.63, 3.8) is 0 Å². The van der Waals surface area contributed by atoms with Crippen molar-refractivity contribution in [1.29, 1.82) is 0 Å². The molecule has 0 aliphatic heterocycles. The highest BCUT2D eigenvalue weighted by molar-refractivity contribution is 5.91. The molecule has 1 atom stereocenters. The Balaban J connectivity index is 2.28. The fraction of sp³-hybridized carbons (Fsp3) is 0.636. The number of hydrogen-bond donors (Lipinski definition) is 0. The maximum Gasteiger partial charge on any atom is 0.317 e. The Morgan fingerprint density at radius 2 is 2.13 bits per heavy atom. The summed E-state index contributed by atoms with van der Waals surface area (Å²) in [5.41, 5.74) is -0.0637. The van der Waals surface area contributed by atoms with Gasteiger partial charge in [0.1, 0.15) is 13.0 Å². The molecule has 1 rings (SSSR count). The Labute approximate surface area is 89.2 Å². The first-order valence-corrected chi connectivity index (χ1v) is 4.96. The summed E-state index contributed by atoms with van der Waals surface area (Å²) >= 11 is 0. The molecule has 0 heterocycles. The van der Waals surface area contributed by atoms with E-state index >= 15 is 0 Å². The predicted octanol–water partition coefficient (Wildman–Crippen LogP) is 1.45. The Morgan fingerprint density at radius 3 is 2.67 bits per heavy atom. The maximum atomic E-state index is 11.2. The van der Waals surface area contributed by atoms with Gasteiger partial charge >= 0.3 is 11.9 Å². The van der Waals surface area contributed by atoms with Crippen molar-refractivity contribution in [3.8, 4) is 0 Å². The molecule has 0 saturated heterocycles. The highest BCUT2D eigenvalue weighted by atomic mass is 16.5. The summed E-state index contributed by atoms with van der Waals surface area (Å²) in [5, 5.41) is 0. The third-order valence-electron chi connectivity index (χ3n) is 2.48. The average Bonchev–Trinajstić information content (AvgIpc) is 2.63. The summed E-state index contributed by atoms with van der Waals surface area (Å²) in [6, 6.07) is 0. The maximum absolute atomic E-state index is 11.2. The van der Waals surface area contributed by atoms with Gasteiger partial charge in [0.25, 0.3) is 0 Å². The number of hydrogen-bond acceptors (Lipinski definition) is 4. The minimum atomic E-state index is -0.563. The van der Waals surface area contributed by atoms with Gasteiger partial charge in [0.05, 0.1) is 7.11 Å². The molecule has 1 aliphatic rings. The second-order valence-electron chi connectivity index (χ2n) is 4.01. The van der Waals surface area contributed by atoms with Crippen LogP contribution in [0.4, 0.5) is 0 Å². The van der Waals surface area contributed by atoms with Crippen LogP contribution in [0.25, 0.3) is 0 Å². The van der Waals surface area contributed by atoms with Crippen LogP contribution in [0.1, 0.15) is 26.2 Å². The number of allylic oxidation sites excluding steroid dienone is 1. The van der Waals surface area contributed by atoms with Crippen molar-refractivity contribution in [1.82, 2.24) is 0 Å². The molecule has 0 radical (unpaired) electrons. The molecular formula is C11H16O4. The predicted molar refractivity (Wildman–Crippen MR) is 54.1 cm³/mol. The van der Waals surface area contributed by atoms with Crippen molar-refractivity contribution in [2.45, 2.75) is 26.2 Å². The molecule has 15 heavy (non-hydrogen) atoms. The van der Waals surface area contributed by atoms with E-state index in [0.717, 1.165) is 12.8 Å². The lowest BCUT2D eigenvalue weighted by atomic mass is 9.92. The topological polar surface area (TPSA) is 52.6 Å². The van der Waals surface area contributed by atoms with Crippen LogP contribution in [0.5, 0.6) is 0 Å². The summed E-state index contributed by atoms with van der Waals surface area (Å²) in [5.74, 6) is -1.09. The van der Waals surface area contributed by atoms with E-state index in [9.17, 15) is 9.59 Å². The van der Waals surface area contributed by atoms with Gasteiger partial charge in [-0.1, -0.05) is 19.1 Å². The normalized spacial score (nSPS) is 23.9. The number of esters is 2. The van der Waals surface area contributed by atoms with Crippen LogP contribution in [0.2, 0.25) is 0 Å². The van der Waals surface area contributed by atoms with Crippen LogP contribution in [0, 0.1) is 5.41 Å². The molecule has 0 fully saturated rings. The zero-order chi connectivity index (χ0) is 11.3. The van der Waals surface area contributed by atoms with Crippen LogP contribution in [0.15, 0.2) is 12.2 Å². The van der Waals surface area contributed by atoms with Gasteiger partial charge in [-0.2, -0.15) is 0 Å². The molecule has 0 spiro atoms. The second kappa shape index (κ2) is 4.96. The van der Waals surface area contributed by atoms with Gasteiger partial charge in [0, 0.05) is 5.41 Å². The van der Waals surface area contributed by atoms with E-state index < -0.39 is 11.9 Å². The van der Waals surface area contributed by atoms with Crippen LogP contribution in [-0.2, 0) is 19.1 Å². The van der Waals surface area contributed by atoms with Crippen molar-refractivity contribution in [2.75, 3.05) is 13.7 Å². The lowest BCUT2D eigenvalue weighted by Crippen LogP contribution is -2.22. The quantitative estimate of drug-likeness (QED) is 0.402. The minimum absolute atomic E-state index is 0.0637. The van der Waals surface area contributed by atoms with Gasteiger partial charge < -0.3 is 9.47 Å². The molecule has 4 heteroatoms. The van der Waals surface area contributed by atoms with Crippen LogP contribution in [-0.4, -0.2) is 25.7 Å². The summed E-state index contributed by atoms with van der Waals surface area (Å²) in [6.07, 6.45) is 5.83. The van der Waals surface area contributed by atoms with E-state index in [2.05, 4.69) is 16.9 Å². The monoisotopic (exact) mass is 212 g/mol. The molecule has 84 valence electrons. The van der Waals surface area contributed by atoms with Crippen molar-refractivity contribution in [3.05, 3.63) is 12.2 Å². The molecular weight excluding hydrogens is 196 g/mol. The summed E-state index contributed by atoms with van der Waals surface area (Å²) in [4.78, 5) is 21.9. The highest BCUT2D eigenvalue weighted by Crippen LogP contribution is 2.31. The van der Waals surface area contributed by atoms with E-state index in [1.54, 1.807) is 0 Å². The largest absolute Gasteiger partial charge is 0.469 e. The summed E-state index contributed by atoms with van der Waals surface area (Å²) in [7, 11) is 1.25. The molecule has 0 aromatic carbocycles. The number of rotatable bonds is 4. The number of methoxy groups -OCH3 is 1. The summed E-state index contributed by atoms with van der Waals surface area (Å²) < 4.78 is 9.37. The minimum Gasteiger partial charge on any atom is -0.469 e. The van der Waals surface area contributed by atoms with Crippen molar-refractivity contribution >= 4 is 11.9 Å². The van der Waals surface area contributed by atoms with Gasteiger partial charge in [-0.15, -0.1) is 0 Å². The smallest absolute Gasteiger partial charge is 0.317 e. The Hall–Kier alpha value is -1.32. The standard InChI is InChI=1S/C11H16O4/c1-11(5-3-4-6-11)8-15-10(13)7-9(12)14-2/h3,5H,4,6-8H2,1-2H3. The molecule has 0 aromatic heterocycles. The first-order valence-electron chi connectivity index (χ1n) is 4.96. The molecule has 4 nitrogen and oxygen atoms in total. The average molecular weight is 212 g/mol. The third kappa shape index (κ3) is 3.73. The van der Waals surface area contributed by atoms with E-state index in [4.69, 9.17) is 4.74 Å². The molecule has 0 aromatic rings. The Kier molecular flexibility index (Phi) is 3.88. The molecule has 0 saturated carbocycles. The van der Waals surface area contributed by atoms with Crippen molar-refractivity contribution < 1.29 is 19.1 Å². The fourth-order valence-corrected chi connectivity index (χ4v) is 1.47. The Morgan fingerprint density at radius 1 is 1.40 bits per heavy atom. The highest BCUT2D eigenvalue weighted by Gasteiger charge is 2.26. The zero-order valence-electron chi connectivity index (χ0n) is 9.12. The summed E-state index contributed by atoms with van der Waals surface area (Å²) in [6.45, 7) is 2.36. The van der Waals surface area contributed by atoms with Gasteiger partial charge in [-0.05, 0) is 12.8 Å². The fourth-order valence-electron chi connectivity index (χ4n) is 1.47. The van der Waals surface area contributed by atoms with Gasteiger partial charge in [0.15, 0.2) is 0 Å². The van der Waals surface area contributed by atoms with Crippen molar-refractivity contribution in [2.24, 2.45) is 5.41 Å². The van der Waals surface area contributed by atoms with Crippen LogP contribution >= 0.6 is 0 Å².